The van der Waals surface area contributed by atoms with Crippen LogP contribution in [0.1, 0.15) is 23.6 Å². The molecular formula is C26H24BrN3O2. The van der Waals surface area contributed by atoms with Gasteiger partial charge in [-0.3, -0.25) is 4.79 Å². The number of hydrogen-bond donors (Lipinski definition) is 1. The van der Waals surface area contributed by atoms with E-state index in [4.69, 9.17) is 4.74 Å². The Labute approximate surface area is 195 Å². The van der Waals surface area contributed by atoms with Gasteiger partial charge in [-0.15, -0.1) is 0 Å². The van der Waals surface area contributed by atoms with E-state index in [1.165, 1.54) is 5.56 Å². The third-order valence-electron chi connectivity index (χ3n) is 5.17. The van der Waals surface area contributed by atoms with Gasteiger partial charge in [0, 0.05) is 33.7 Å². The first-order chi connectivity index (χ1) is 15.6. The Morgan fingerprint density at radius 2 is 1.88 bits per heavy atom. The summed E-state index contributed by atoms with van der Waals surface area (Å²) in [5.41, 5.74) is 6.89. The quantitative estimate of drug-likeness (QED) is 0.260. The molecular weight excluding hydrogens is 466 g/mol. The average molecular weight is 490 g/mol. The minimum atomic E-state index is -0.306. The number of aryl methyl sites for hydroxylation is 1. The fourth-order valence-electron chi connectivity index (χ4n) is 3.60. The fourth-order valence-corrected chi connectivity index (χ4v) is 4.01. The predicted octanol–water partition coefficient (Wildman–Crippen LogP) is 5.54. The van der Waals surface area contributed by atoms with Crippen molar-refractivity contribution in [1.29, 1.82) is 0 Å². The van der Waals surface area contributed by atoms with Crippen LogP contribution in [0.2, 0.25) is 0 Å². The van der Waals surface area contributed by atoms with Gasteiger partial charge < -0.3 is 9.30 Å². The molecule has 0 radical (unpaired) electrons. The van der Waals surface area contributed by atoms with Crippen molar-refractivity contribution in [2.24, 2.45) is 5.10 Å². The van der Waals surface area contributed by atoms with Gasteiger partial charge in [0.15, 0.2) is 6.61 Å². The molecule has 162 valence electrons. The average Bonchev–Trinajstić information content (AvgIpc) is 3.16. The van der Waals surface area contributed by atoms with Crippen molar-refractivity contribution in [2.75, 3.05) is 6.61 Å². The van der Waals surface area contributed by atoms with Crippen LogP contribution in [0.3, 0.4) is 0 Å². The van der Waals surface area contributed by atoms with Crippen molar-refractivity contribution < 1.29 is 9.53 Å². The van der Waals surface area contributed by atoms with E-state index < -0.39 is 0 Å². The zero-order valence-corrected chi connectivity index (χ0v) is 19.4. The van der Waals surface area contributed by atoms with Gasteiger partial charge in [0.25, 0.3) is 5.91 Å². The van der Waals surface area contributed by atoms with Gasteiger partial charge in [-0.2, -0.15) is 5.10 Å². The zero-order valence-electron chi connectivity index (χ0n) is 17.8. The number of hydrazone groups is 1. The van der Waals surface area contributed by atoms with Crippen LogP contribution in [0.5, 0.6) is 5.75 Å². The summed E-state index contributed by atoms with van der Waals surface area (Å²) in [4.78, 5) is 12.2. The second-order valence-electron chi connectivity index (χ2n) is 7.40. The first-order valence-corrected chi connectivity index (χ1v) is 11.3. The number of benzene rings is 3. The minimum Gasteiger partial charge on any atom is -0.483 e. The van der Waals surface area contributed by atoms with Crippen LogP contribution < -0.4 is 10.2 Å². The molecule has 1 aromatic heterocycles. The van der Waals surface area contributed by atoms with Crippen molar-refractivity contribution >= 4 is 39.0 Å². The van der Waals surface area contributed by atoms with E-state index in [1.807, 2.05) is 55.5 Å². The Kier molecular flexibility index (Phi) is 7.02. The van der Waals surface area contributed by atoms with Gasteiger partial charge in [0.2, 0.25) is 0 Å². The molecule has 6 heteroatoms. The zero-order chi connectivity index (χ0) is 22.3. The molecule has 0 aliphatic rings. The molecule has 1 heterocycles. The molecule has 0 spiro atoms. The van der Waals surface area contributed by atoms with Gasteiger partial charge in [0.1, 0.15) is 5.75 Å². The van der Waals surface area contributed by atoms with E-state index in [0.29, 0.717) is 5.75 Å². The first-order valence-electron chi connectivity index (χ1n) is 10.5. The Hall–Kier alpha value is -3.38. The number of amides is 1. The summed E-state index contributed by atoms with van der Waals surface area (Å²) in [5, 5.41) is 5.24. The standard InChI is InChI=1S/C26H24BrN3O2/c1-2-20-14-22(27)12-13-25(20)32-18-26(31)29-28-15-21-17-30(16-19-8-4-3-5-9-19)24-11-7-6-10-23(21)24/h3-15,17H,2,16,18H2,1H3,(H,29,31)/b28-15+. The number of halogens is 1. The van der Waals surface area contributed by atoms with Crippen LogP contribution in [0, 0.1) is 0 Å². The van der Waals surface area contributed by atoms with Crippen molar-refractivity contribution in [3.05, 3.63) is 100 Å². The Bertz CT molecular complexity index is 1250. The van der Waals surface area contributed by atoms with Crippen molar-refractivity contribution in [2.45, 2.75) is 19.9 Å². The molecule has 0 fully saturated rings. The highest BCUT2D eigenvalue weighted by Crippen LogP contribution is 2.24. The number of carbonyl (C=O) groups is 1. The summed E-state index contributed by atoms with van der Waals surface area (Å²) in [6.45, 7) is 2.72. The lowest BCUT2D eigenvalue weighted by Crippen LogP contribution is -2.24. The van der Waals surface area contributed by atoms with E-state index in [0.717, 1.165) is 39.5 Å². The van der Waals surface area contributed by atoms with Crippen LogP contribution in [0.4, 0.5) is 0 Å². The summed E-state index contributed by atoms with van der Waals surface area (Å²) < 4.78 is 8.86. The molecule has 0 atom stereocenters. The lowest BCUT2D eigenvalue weighted by molar-refractivity contribution is -0.123. The van der Waals surface area contributed by atoms with Crippen LogP contribution in [-0.2, 0) is 17.8 Å². The molecule has 4 aromatic rings. The van der Waals surface area contributed by atoms with Crippen molar-refractivity contribution in [3.8, 4) is 5.75 Å². The molecule has 0 saturated carbocycles. The maximum absolute atomic E-state index is 12.2. The number of aromatic nitrogens is 1. The molecule has 3 aromatic carbocycles. The molecule has 0 saturated heterocycles. The summed E-state index contributed by atoms with van der Waals surface area (Å²) in [6, 6.07) is 24.2. The predicted molar refractivity (Wildman–Crippen MR) is 132 cm³/mol. The number of rotatable bonds is 8. The lowest BCUT2D eigenvalue weighted by atomic mass is 10.1. The summed E-state index contributed by atoms with van der Waals surface area (Å²) >= 11 is 3.46. The van der Waals surface area contributed by atoms with Crippen LogP contribution in [0.15, 0.2) is 88.6 Å². The third-order valence-corrected chi connectivity index (χ3v) is 5.66. The lowest BCUT2D eigenvalue weighted by Gasteiger charge is -2.09. The normalized spacial score (nSPS) is 11.2. The van der Waals surface area contributed by atoms with Crippen LogP contribution in [0.25, 0.3) is 10.9 Å². The van der Waals surface area contributed by atoms with E-state index in [1.54, 1.807) is 6.21 Å². The van der Waals surface area contributed by atoms with E-state index in [2.05, 4.69) is 61.5 Å². The maximum atomic E-state index is 12.2. The molecule has 5 nitrogen and oxygen atoms in total. The molecule has 1 amide bonds. The number of nitrogens with zero attached hydrogens (tertiary/aromatic N) is 2. The molecule has 4 rings (SSSR count). The summed E-state index contributed by atoms with van der Waals surface area (Å²) in [7, 11) is 0. The monoisotopic (exact) mass is 489 g/mol. The first kappa shape index (κ1) is 21.8. The Morgan fingerprint density at radius 1 is 1.09 bits per heavy atom. The second-order valence-corrected chi connectivity index (χ2v) is 8.32. The van der Waals surface area contributed by atoms with Crippen molar-refractivity contribution in [3.63, 3.8) is 0 Å². The van der Waals surface area contributed by atoms with E-state index in [-0.39, 0.29) is 12.5 Å². The number of carbonyl (C=O) groups excluding carboxylic acids is 1. The van der Waals surface area contributed by atoms with Gasteiger partial charge in [0.05, 0.1) is 6.21 Å². The largest absolute Gasteiger partial charge is 0.483 e. The highest BCUT2D eigenvalue weighted by Gasteiger charge is 2.08. The van der Waals surface area contributed by atoms with Crippen molar-refractivity contribution in [1.82, 2.24) is 9.99 Å². The summed E-state index contributed by atoms with van der Waals surface area (Å²) in [6.07, 6.45) is 4.56. The van der Waals surface area contributed by atoms with Gasteiger partial charge in [-0.1, -0.05) is 71.4 Å². The Morgan fingerprint density at radius 3 is 2.69 bits per heavy atom. The number of ether oxygens (including phenoxy) is 1. The molecule has 0 bridgehead atoms. The number of para-hydroxylation sites is 1. The number of fused-ring (bicyclic) bond motifs is 1. The van der Waals surface area contributed by atoms with Gasteiger partial charge in [-0.05, 0) is 41.8 Å². The molecule has 0 aliphatic carbocycles. The smallest absolute Gasteiger partial charge is 0.277 e. The van der Waals surface area contributed by atoms with Gasteiger partial charge >= 0.3 is 0 Å². The summed E-state index contributed by atoms with van der Waals surface area (Å²) in [5.74, 6) is 0.401. The number of nitrogens with one attached hydrogen (secondary N) is 1. The fraction of sp³-hybridized carbons (Fsp3) is 0.154. The molecule has 0 unspecified atom stereocenters. The van der Waals surface area contributed by atoms with Crippen LogP contribution in [-0.4, -0.2) is 23.3 Å². The topological polar surface area (TPSA) is 55.6 Å². The van der Waals surface area contributed by atoms with E-state index >= 15 is 0 Å². The minimum absolute atomic E-state index is 0.0955. The number of hydrogen-bond acceptors (Lipinski definition) is 3. The second kappa shape index (κ2) is 10.3. The van der Waals surface area contributed by atoms with Crippen LogP contribution >= 0.6 is 15.9 Å². The van der Waals surface area contributed by atoms with E-state index in [9.17, 15) is 4.79 Å². The molecule has 32 heavy (non-hydrogen) atoms. The Balaban J connectivity index is 1.42. The molecule has 1 N–H and O–H groups in total. The maximum Gasteiger partial charge on any atom is 0.277 e. The highest BCUT2D eigenvalue weighted by atomic mass is 79.9. The van der Waals surface area contributed by atoms with Gasteiger partial charge in [-0.25, -0.2) is 5.43 Å². The highest BCUT2D eigenvalue weighted by molar-refractivity contribution is 9.10. The molecule has 0 aliphatic heterocycles. The third kappa shape index (κ3) is 5.26. The SMILES string of the molecule is CCc1cc(Br)ccc1OCC(=O)N/N=C/c1cn(Cc2ccccc2)c2ccccc12.